The van der Waals surface area contributed by atoms with Crippen molar-refractivity contribution in [3.05, 3.63) is 24.3 Å². The van der Waals surface area contributed by atoms with E-state index in [1.54, 1.807) is 32.5 Å². The normalized spacial score (nSPS) is 21.4. The lowest BCUT2D eigenvalue weighted by atomic mass is 9.66. The van der Waals surface area contributed by atoms with Crippen molar-refractivity contribution in [2.45, 2.75) is 58.5 Å². The number of amides is 1. The molecule has 2 N–H and O–H groups in total. The molecule has 4 aromatic rings. The zero-order valence-corrected chi connectivity index (χ0v) is 21.6. The fourth-order valence-electron chi connectivity index (χ4n) is 5.86. The number of aromatic nitrogens is 6. The monoisotopic (exact) mass is 524 g/mol. The molecule has 1 saturated heterocycles. The number of pyridine rings is 1. The maximum atomic E-state index is 13.2. The average molecular weight is 525 g/mol. The van der Waals surface area contributed by atoms with Crippen molar-refractivity contribution in [2.24, 2.45) is 5.41 Å². The number of carbonyl (C=O) groups is 1. The molecule has 0 spiro atoms. The number of halogens is 2. The number of imidazole rings is 1. The third kappa shape index (κ3) is 4.11. The molecule has 1 aliphatic heterocycles. The molecular weight excluding hydrogens is 494 g/mol. The molecule has 0 unspecified atom stereocenters. The first kappa shape index (κ1) is 24.5. The number of rotatable bonds is 7. The predicted molar refractivity (Wildman–Crippen MR) is 138 cm³/mol. The van der Waals surface area contributed by atoms with Crippen LogP contribution in [0.1, 0.15) is 38.4 Å². The SMILES string of the molecule is COc1nc(N[C@H]2C[C@@](C)(C(=O)N3CCCC3)C2)nc2[nH]cc(-c3cnc4nc(C)n(CC(F)F)c4c3)c12. The van der Waals surface area contributed by atoms with Crippen LogP contribution < -0.4 is 10.1 Å². The molecule has 12 heteroatoms. The van der Waals surface area contributed by atoms with E-state index < -0.39 is 13.0 Å². The number of hydrogen-bond acceptors (Lipinski definition) is 7. The minimum atomic E-state index is -2.51. The number of methoxy groups -OCH3 is 1. The first-order valence-corrected chi connectivity index (χ1v) is 12.9. The minimum absolute atomic E-state index is 0.0908. The number of nitrogens with one attached hydrogen (secondary N) is 2. The van der Waals surface area contributed by atoms with Gasteiger partial charge in [-0.15, -0.1) is 0 Å². The molecule has 10 nitrogen and oxygen atoms in total. The Bertz CT molecular complexity index is 1520. The van der Waals surface area contributed by atoms with Crippen molar-refractivity contribution in [3.63, 3.8) is 0 Å². The van der Waals surface area contributed by atoms with Crippen molar-refractivity contribution in [1.29, 1.82) is 0 Å². The second-order valence-electron chi connectivity index (χ2n) is 10.5. The third-order valence-corrected chi connectivity index (χ3v) is 7.76. The highest BCUT2D eigenvalue weighted by molar-refractivity contribution is 5.98. The molecule has 2 aliphatic rings. The van der Waals surface area contributed by atoms with Crippen LogP contribution in [0.3, 0.4) is 0 Å². The van der Waals surface area contributed by atoms with Crippen LogP contribution in [0, 0.1) is 12.3 Å². The smallest absolute Gasteiger partial charge is 0.256 e. The van der Waals surface area contributed by atoms with Crippen molar-refractivity contribution in [2.75, 3.05) is 25.5 Å². The summed E-state index contributed by atoms with van der Waals surface area (Å²) in [6.45, 7) is 4.98. The Kier molecular flexibility index (Phi) is 5.92. The topological polar surface area (TPSA) is 114 Å². The number of alkyl halides is 2. The number of aryl methyl sites for hydroxylation is 1. The summed E-state index contributed by atoms with van der Waals surface area (Å²) in [4.78, 5) is 36.0. The molecule has 0 aromatic carbocycles. The van der Waals surface area contributed by atoms with E-state index in [9.17, 15) is 13.6 Å². The van der Waals surface area contributed by atoms with Gasteiger partial charge in [0.1, 0.15) is 11.5 Å². The zero-order valence-electron chi connectivity index (χ0n) is 21.6. The number of anilines is 1. The molecule has 2 fully saturated rings. The number of ether oxygens (including phenoxy) is 1. The zero-order chi connectivity index (χ0) is 26.6. The lowest BCUT2D eigenvalue weighted by molar-refractivity contribution is -0.145. The van der Waals surface area contributed by atoms with E-state index in [-0.39, 0.29) is 17.4 Å². The van der Waals surface area contributed by atoms with E-state index in [0.29, 0.717) is 45.4 Å². The average Bonchev–Trinajstić information content (AvgIpc) is 3.61. The summed E-state index contributed by atoms with van der Waals surface area (Å²) in [6.07, 6.45) is 4.54. The van der Waals surface area contributed by atoms with Crippen molar-refractivity contribution < 1.29 is 18.3 Å². The van der Waals surface area contributed by atoms with E-state index in [2.05, 4.69) is 30.2 Å². The molecular formula is C26H30F2N8O2. The first-order valence-electron chi connectivity index (χ1n) is 12.9. The summed E-state index contributed by atoms with van der Waals surface area (Å²) in [5, 5.41) is 4.02. The maximum Gasteiger partial charge on any atom is 0.256 e. The van der Waals surface area contributed by atoms with Gasteiger partial charge in [-0.05, 0) is 38.7 Å². The molecule has 0 bridgehead atoms. The van der Waals surface area contributed by atoms with Crippen LogP contribution in [0.5, 0.6) is 5.88 Å². The van der Waals surface area contributed by atoms with Crippen LogP contribution in [0.15, 0.2) is 18.5 Å². The van der Waals surface area contributed by atoms with Gasteiger partial charge >= 0.3 is 0 Å². The number of hydrogen-bond donors (Lipinski definition) is 2. The molecule has 4 aromatic heterocycles. The van der Waals surface area contributed by atoms with Crippen molar-refractivity contribution >= 4 is 34.1 Å². The number of aromatic amines is 1. The molecule has 0 atom stereocenters. The Morgan fingerprint density at radius 1 is 1.26 bits per heavy atom. The predicted octanol–water partition coefficient (Wildman–Crippen LogP) is 4.15. The minimum Gasteiger partial charge on any atom is -0.480 e. The van der Waals surface area contributed by atoms with E-state index in [1.165, 1.54) is 4.57 Å². The standard InChI is InChI=1S/C26H30F2N8O2/c1-14-31-21-18(36(14)13-19(27)28)8-15(11-29-21)17-12-30-22-20(17)23(38-3)34-25(33-22)32-16-9-26(2,10-16)24(37)35-6-4-5-7-35/h8,11-12,16,19H,4-7,9-10,13H2,1-3H3,(H2,30,32,33,34)/t16-,26+. The maximum absolute atomic E-state index is 13.2. The van der Waals surface area contributed by atoms with Gasteiger partial charge in [0, 0.05) is 42.7 Å². The summed E-state index contributed by atoms with van der Waals surface area (Å²) in [5.41, 5.74) is 2.62. The molecule has 200 valence electrons. The van der Waals surface area contributed by atoms with Crippen LogP contribution in [0.2, 0.25) is 0 Å². The number of nitrogens with zero attached hydrogens (tertiary/aromatic N) is 6. The molecule has 6 rings (SSSR count). The Labute approximate surface area is 217 Å². The molecule has 38 heavy (non-hydrogen) atoms. The molecule has 1 saturated carbocycles. The van der Waals surface area contributed by atoms with Crippen molar-refractivity contribution in [3.8, 4) is 17.0 Å². The van der Waals surface area contributed by atoms with E-state index in [1.807, 2.05) is 11.8 Å². The van der Waals surface area contributed by atoms with Crippen molar-refractivity contribution in [1.82, 2.24) is 34.4 Å². The van der Waals surface area contributed by atoms with Crippen LogP contribution in [-0.4, -0.2) is 73.0 Å². The van der Waals surface area contributed by atoms with E-state index >= 15 is 0 Å². The Morgan fingerprint density at radius 2 is 2.03 bits per heavy atom. The lowest BCUT2D eigenvalue weighted by Gasteiger charge is -2.45. The summed E-state index contributed by atoms with van der Waals surface area (Å²) < 4.78 is 33.4. The van der Waals surface area contributed by atoms with Gasteiger partial charge in [-0.2, -0.15) is 9.97 Å². The third-order valence-electron chi connectivity index (χ3n) is 7.76. The van der Waals surface area contributed by atoms with Crippen LogP contribution in [0.4, 0.5) is 14.7 Å². The number of likely N-dealkylation sites (tertiary alicyclic amines) is 1. The molecule has 0 radical (unpaired) electrons. The van der Waals surface area contributed by atoms with Crippen LogP contribution in [-0.2, 0) is 11.3 Å². The fourth-order valence-corrected chi connectivity index (χ4v) is 5.86. The Morgan fingerprint density at radius 3 is 2.74 bits per heavy atom. The highest BCUT2D eigenvalue weighted by Gasteiger charge is 2.48. The van der Waals surface area contributed by atoms with Gasteiger partial charge in [-0.25, -0.2) is 18.7 Å². The largest absolute Gasteiger partial charge is 0.480 e. The van der Waals surface area contributed by atoms with E-state index in [0.717, 1.165) is 44.3 Å². The second kappa shape index (κ2) is 9.17. The van der Waals surface area contributed by atoms with Gasteiger partial charge in [0.2, 0.25) is 17.7 Å². The van der Waals surface area contributed by atoms with Crippen LogP contribution in [0.25, 0.3) is 33.3 Å². The highest BCUT2D eigenvalue weighted by atomic mass is 19.3. The van der Waals surface area contributed by atoms with Crippen LogP contribution >= 0.6 is 0 Å². The van der Waals surface area contributed by atoms with Gasteiger partial charge in [0.05, 0.1) is 30.0 Å². The highest BCUT2D eigenvalue weighted by Crippen LogP contribution is 2.44. The number of H-pyrrole nitrogens is 1. The number of fused-ring (bicyclic) bond motifs is 2. The summed E-state index contributed by atoms with van der Waals surface area (Å²) >= 11 is 0. The van der Waals surface area contributed by atoms with E-state index in [4.69, 9.17) is 4.74 Å². The van der Waals surface area contributed by atoms with Gasteiger partial charge in [0.15, 0.2) is 5.65 Å². The Hall–Kier alpha value is -3.83. The fraction of sp³-hybridized carbons (Fsp3) is 0.500. The summed E-state index contributed by atoms with van der Waals surface area (Å²) in [5.74, 6) is 1.52. The lowest BCUT2D eigenvalue weighted by Crippen LogP contribution is -2.53. The van der Waals surface area contributed by atoms with Gasteiger partial charge in [-0.3, -0.25) is 4.79 Å². The molecule has 1 aliphatic carbocycles. The second-order valence-corrected chi connectivity index (χ2v) is 10.5. The number of carbonyl (C=O) groups excluding carboxylic acids is 1. The first-order chi connectivity index (χ1) is 18.3. The summed E-state index contributed by atoms with van der Waals surface area (Å²) in [6, 6.07) is 1.89. The molecule has 1 amide bonds. The van der Waals surface area contributed by atoms with Gasteiger partial charge < -0.3 is 24.5 Å². The molecule has 5 heterocycles. The van der Waals surface area contributed by atoms with Gasteiger partial charge in [-0.1, -0.05) is 6.92 Å². The Balaban J connectivity index is 1.26. The van der Waals surface area contributed by atoms with Gasteiger partial charge in [0.25, 0.3) is 6.43 Å². The summed E-state index contributed by atoms with van der Waals surface area (Å²) in [7, 11) is 1.54. The quantitative estimate of drug-likeness (QED) is 0.373.